The summed E-state index contributed by atoms with van der Waals surface area (Å²) in [5.74, 6) is -4.51. The molecule has 0 radical (unpaired) electrons. The van der Waals surface area contributed by atoms with Crippen LogP contribution in [0, 0.1) is 23.3 Å². The third-order valence-electron chi connectivity index (χ3n) is 1.81. The molecule has 0 bridgehead atoms. The Labute approximate surface area is 149 Å². The predicted molar refractivity (Wildman–Crippen MR) is 56.0 cm³/mol. The largest absolute Gasteiger partial charge is 2.00 e. The Morgan fingerprint density at radius 2 is 0.857 bits per heavy atom. The second kappa shape index (κ2) is 11.8. The molecule has 2 rings (SSSR count). The molecular formula is C12H8Cl2F4O2Zr. The summed E-state index contributed by atoms with van der Waals surface area (Å²) in [5, 5.41) is 17.1. The van der Waals surface area contributed by atoms with Gasteiger partial charge in [-0.2, -0.15) is 0 Å². The summed E-state index contributed by atoms with van der Waals surface area (Å²) >= 11 is 0. The number of hydrogen-bond donors (Lipinski definition) is 2. The fourth-order valence-corrected chi connectivity index (χ4v) is 0.970. The summed E-state index contributed by atoms with van der Waals surface area (Å²) in [7, 11) is 0. The van der Waals surface area contributed by atoms with Gasteiger partial charge in [-0.15, -0.1) is 0 Å². The maximum Gasteiger partial charge on any atom is 2.00 e. The van der Waals surface area contributed by atoms with Crippen LogP contribution in [0.25, 0.3) is 0 Å². The molecule has 0 unspecified atom stereocenters. The normalized spacial score (nSPS) is 8.19. The number of benzene rings is 2. The average Bonchev–Trinajstić information content (AvgIpc) is 2.30. The Bertz CT molecular complexity index is 509. The molecule has 0 saturated heterocycles. The molecule has 0 aromatic heterocycles. The monoisotopic (exact) mass is 420 g/mol. The van der Waals surface area contributed by atoms with Gasteiger partial charge in [0.15, 0.2) is 23.3 Å². The molecule has 0 aliphatic carbocycles. The number of halogens is 6. The van der Waals surface area contributed by atoms with Crippen molar-refractivity contribution in [3.05, 3.63) is 59.7 Å². The molecule has 0 spiro atoms. The van der Waals surface area contributed by atoms with Crippen molar-refractivity contribution >= 4 is 0 Å². The van der Waals surface area contributed by atoms with E-state index in [9.17, 15) is 17.6 Å². The van der Waals surface area contributed by atoms with Crippen LogP contribution in [0.15, 0.2) is 36.4 Å². The number of aromatic hydroxyl groups is 2. The zero-order valence-corrected chi connectivity index (χ0v) is 14.1. The first-order valence-electron chi connectivity index (χ1n) is 4.68. The molecule has 9 heteroatoms. The van der Waals surface area contributed by atoms with Gasteiger partial charge in [-0.05, 0) is 24.3 Å². The molecule has 0 fully saturated rings. The molecule has 2 aromatic rings. The number of rotatable bonds is 0. The molecule has 0 aliphatic heterocycles. The number of phenolic OH excluding ortho intramolecular Hbond substituents is 2. The maximum atomic E-state index is 12.0. The smallest absolute Gasteiger partial charge is 1.00 e. The molecule has 21 heavy (non-hydrogen) atoms. The number of phenols is 2. The molecule has 0 amide bonds. The van der Waals surface area contributed by atoms with E-state index in [2.05, 4.69) is 0 Å². The van der Waals surface area contributed by atoms with Crippen LogP contribution >= 0.6 is 0 Å². The molecular weight excluding hydrogens is 414 g/mol. The van der Waals surface area contributed by atoms with Gasteiger partial charge in [-0.3, -0.25) is 0 Å². The van der Waals surface area contributed by atoms with Crippen molar-refractivity contribution in [3.8, 4) is 11.5 Å². The Kier molecular flexibility index (Phi) is 14.2. The molecule has 114 valence electrons. The Morgan fingerprint density at radius 3 is 1.05 bits per heavy atom. The van der Waals surface area contributed by atoms with Crippen molar-refractivity contribution < 1.29 is 78.8 Å². The van der Waals surface area contributed by atoms with Crippen LogP contribution in [0.2, 0.25) is 0 Å². The van der Waals surface area contributed by atoms with Crippen LogP contribution in [0.5, 0.6) is 11.5 Å². The zero-order chi connectivity index (χ0) is 13.7. The van der Waals surface area contributed by atoms with Gasteiger partial charge >= 0.3 is 26.2 Å². The van der Waals surface area contributed by atoms with E-state index in [-0.39, 0.29) is 62.5 Å². The number of hydrogen-bond acceptors (Lipinski definition) is 2. The summed E-state index contributed by atoms with van der Waals surface area (Å²) < 4.78 is 48.1. The van der Waals surface area contributed by atoms with E-state index in [0.29, 0.717) is 0 Å². The van der Waals surface area contributed by atoms with Crippen molar-refractivity contribution in [2.24, 2.45) is 0 Å². The summed E-state index contributed by atoms with van der Waals surface area (Å²) in [6.45, 7) is 0. The van der Waals surface area contributed by atoms with Crippen molar-refractivity contribution in [2.45, 2.75) is 0 Å². The van der Waals surface area contributed by atoms with Gasteiger partial charge in [-0.1, -0.05) is 0 Å². The van der Waals surface area contributed by atoms with E-state index < -0.39 is 23.3 Å². The van der Waals surface area contributed by atoms with Gasteiger partial charge in [0.25, 0.3) is 0 Å². The van der Waals surface area contributed by atoms with Crippen molar-refractivity contribution in [1.82, 2.24) is 0 Å². The molecule has 2 nitrogen and oxygen atoms in total. The van der Waals surface area contributed by atoms with Gasteiger partial charge < -0.3 is 35.0 Å². The Morgan fingerprint density at radius 1 is 0.571 bits per heavy atom. The first-order chi connectivity index (χ1) is 8.40. The topological polar surface area (TPSA) is 40.5 Å². The third kappa shape index (κ3) is 8.96. The van der Waals surface area contributed by atoms with Gasteiger partial charge in [0.05, 0.1) is 0 Å². The quantitative estimate of drug-likeness (QED) is 0.456. The van der Waals surface area contributed by atoms with Crippen molar-refractivity contribution in [3.63, 3.8) is 0 Å². The van der Waals surface area contributed by atoms with E-state index in [1.165, 1.54) is 0 Å². The zero-order valence-electron chi connectivity index (χ0n) is 10.1. The van der Waals surface area contributed by atoms with Crippen LogP contribution in [-0.2, 0) is 26.2 Å². The van der Waals surface area contributed by atoms with Gasteiger partial charge in [0.1, 0.15) is 11.5 Å². The molecule has 0 heterocycles. The van der Waals surface area contributed by atoms with E-state index >= 15 is 0 Å². The van der Waals surface area contributed by atoms with Crippen LogP contribution in [0.3, 0.4) is 0 Å². The second-order valence-electron chi connectivity index (χ2n) is 3.20. The molecule has 0 saturated carbocycles. The SMILES string of the molecule is Oc1ccc(F)c(F)c1.Oc1ccc(F)c(F)c1.[Cl-].[Cl-].[Zr+2]. The molecule has 2 aromatic carbocycles. The van der Waals surface area contributed by atoms with Gasteiger partial charge in [-0.25, -0.2) is 17.6 Å². The molecule has 2 N–H and O–H groups in total. The Hall–Kier alpha value is -0.777. The minimum Gasteiger partial charge on any atom is -1.00 e. The van der Waals surface area contributed by atoms with Crippen LogP contribution in [0.4, 0.5) is 17.6 Å². The van der Waals surface area contributed by atoms with Crippen LogP contribution in [0.1, 0.15) is 0 Å². The van der Waals surface area contributed by atoms with Crippen LogP contribution in [-0.4, -0.2) is 10.2 Å². The summed E-state index contributed by atoms with van der Waals surface area (Å²) in [6.07, 6.45) is 0. The molecule has 0 atom stereocenters. The summed E-state index contributed by atoms with van der Waals surface area (Å²) in [4.78, 5) is 0. The van der Waals surface area contributed by atoms with Crippen molar-refractivity contribution in [1.29, 1.82) is 0 Å². The fourth-order valence-electron chi connectivity index (χ4n) is 0.970. The minimum atomic E-state index is -1.03. The molecule has 0 aliphatic rings. The summed E-state index contributed by atoms with van der Waals surface area (Å²) in [6, 6.07) is 5.33. The summed E-state index contributed by atoms with van der Waals surface area (Å²) in [5.41, 5.74) is 0. The standard InChI is InChI=1S/2C6H4F2O.2ClH.Zr/c2*7-5-2-1-4(9)3-6(5)8;;;/h2*1-3,9H;2*1H;/q;;;;+2/p-2. The van der Waals surface area contributed by atoms with E-state index in [1.54, 1.807) is 0 Å². The second-order valence-corrected chi connectivity index (χ2v) is 3.20. The van der Waals surface area contributed by atoms with Gasteiger partial charge in [0, 0.05) is 12.1 Å². The van der Waals surface area contributed by atoms with E-state index in [1.807, 2.05) is 0 Å². The average molecular weight is 422 g/mol. The van der Waals surface area contributed by atoms with Crippen LogP contribution < -0.4 is 24.8 Å². The minimum absolute atomic E-state index is 0. The van der Waals surface area contributed by atoms with E-state index in [0.717, 1.165) is 36.4 Å². The first-order valence-corrected chi connectivity index (χ1v) is 4.68. The first kappa shape index (κ1) is 25.2. The van der Waals surface area contributed by atoms with E-state index in [4.69, 9.17) is 10.2 Å². The van der Waals surface area contributed by atoms with Gasteiger partial charge in [0.2, 0.25) is 0 Å². The maximum absolute atomic E-state index is 12.0. The Balaban J connectivity index is -0.000000270. The third-order valence-corrected chi connectivity index (χ3v) is 1.81. The fraction of sp³-hybridized carbons (Fsp3) is 0. The van der Waals surface area contributed by atoms with Crippen molar-refractivity contribution in [2.75, 3.05) is 0 Å². The predicted octanol–water partition coefficient (Wildman–Crippen LogP) is -2.65.